The van der Waals surface area contributed by atoms with Crippen molar-refractivity contribution in [2.75, 3.05) is 26.7 Å². The number of rotatable bonds is 5. The molecule has 0 spiro atoms. The van der Waals surface area contributed by atoms with Crippen LogP contribution >= 0.6 is 0 Å². The summed E-state index contributed by atoms with van der Waals surface area (Å²) < 4.78 is 5.26. The van der Waals surface area contributed by atoms with Crippen LogP contribution in [0.1, 0.15) is 27.7 Å². The van der Waals surface area contributed by atoms with Crippen LogP contribution < -0.4 is 5.32 Å². The largest absolute Gasteiger partial charge is 0.444 e. The molecule has 17 heavy (non-hydrogen) atoms. The highest BCUT2D eigenvalue weighted by molar-refractivity contribution is 5.67. The molecule has 0 radical (unpaired) electrons. The smallest absolute Gasteiger partial charge is 0.410 e. The van der Waals surface area contributed by atoms with Gasteiger partial charge in [0, 0.05) is 20.1 Å². The van der Waals surface area contributed by atoms with Crippen molar-refractivity contribution >= 4 is 6.09 Å². The normalized spacial score (nSPS) is 12.7. The maximum absolute atomic E-state index is 11.7. The maximum atomic E-state index is 11.7. The van der Waals surface area contributed by atoms with E-state index in [1.165, 1.54) is 0 Å². The first-order valence-corrected chi connectivity index (χ1v) is 5.84. The molecule has 0 rings (SSSR count). The third-order valence-electron chi connectivity index (χ3n) is 2.01. The van der Waals surface area contributed by atoms with Crippen molar-refractivity contribution in [3.63, 3.8) is 0 Å². The van der Waals surface area contributed by atoms with Crippen molar-refractivity contribution in [2.24, 2.45) is 5.92 Å². The number of nitrogens with one attached hydrogen (secondary N) is 1. The fraction of sp³-hybridized carbons (Fsp3) is 0.769. The van der Waals surface area contributed by atoms with Crippen LogP contribution in [-0.2, 0) is 4.74 Å². The SMILES string of the molecule is C#CCNCC(C)CN(C)C(=O)OC(C)(C)C. The second-order valence-corrected chi connectivity index (χ2v) is 5.30. The van der Waals surface area contributed by atoms with Gasteiger partial charge in [-0.05, 0) is 26.7 Å². The first-order chi connectivity index (χ1) is 7.76. The summed E-state index contributed by atoms with van der Waals surface area (Å²) in [6, 6.07) is 0. The summed E-state index contributed by atoms with van der Waals surface area (Å²) in [6.07, 6.45) is 4.85. The van der Waals surface area contributed by atoms with Gasteiger partial charge >= 0.3 is 6.09 Å². The average molecular weight is 240 g/mol. The lowest BCUT2D eigenvalue weighted by molar-refractivity contribution is 0.0277. The molecule has 0 bridgehead atoms. The molecule has 1 unspecified atom stereocenters. The summed E-state index contributed by atoms with van der Waals surface area (Å²) in [5, 5.41) is 3.11. The van der Waals surface area contributed by atoms with E-state index in [1.54, 1.807) is 11.9 Å². The highest BCUT2D eigenvalue weighted by Crippen LogP contribution is 2.09. The Hall–Kier alpha value is -1.21. The number of ether oxygens (including phenoxy) is 1. The van der Waals surface area contributed by atoms with Gasteiger partial charge in [0.2, 0.25) is 0 Å². The number of carbonyl (C=O) groups excluding carboxylic acids is 1. The van der Waals surface area contributed by atoms with Crippen molar-refractivity contribution in [3.8, 4) is 12.3 Å². The molecular weight excluding hydrogens is 216 g/mol. The van der Waals surface area contributed by atoms with Crippen molar-refractivity contribution in [1.82, 2.24) is 10.2 Å². The molecule has 0 saturated carbocycles. The van der Waals surface area contributed by atoms with Gasteiger partial charge in [0.15, 0.2) is 0 Å². The summed E-state index contributed by atoms with van der Waals surface area (Å²) in [6.45, 7) is 9.62. The molecule has 0 aliphatic heterocycles. The lowest BCUT2D eigenvalue weighted by Crippen LogP contribution is -2.38. The van der Waals surface area contributed by atoms with E-state index >= 15 is 0 Å². The number of hydrogen-bond donors (Lipinski definition) is 1. The molecule has 1 N–H and O–H groups in total. The second-order valence-electron chi connectivity index (χ2n) is 5.30. The Morgan fingerprint density at radius 3 is 2.59 bits per heavy atom. The molecule has 0 aromatic rings. The Morgan fingerprint density at radius 1 is 1.53 bits per heavy atom. The van der Waals surface area contributed by atoms with E-state index in [1.807, 2.05) is 20.8 Å². The molecule has 0 aliphatic carbocycles. The van der Waals surface area contributed by atoms with Crippen LogP contribution in [0, 0.1) is 18.3 Å². The standard InChI is InChI=1S/C13H24N2O2/c1-7-8-14-9-11(2)10-15(6)12(16)17-13(3,4)5/h1,11,14H,8-10H2,2-6H3. The Balaban J connectivity index is 3.95. The van der Waals surface area contributed by atoms with Crippen LogP contribution in [0.5, 0.6) is 0 Å². The number of nitrogens with zero attached hydrogens (tertiary/aromatic N) is 1. The van der Waals surface area contributed by atoms with E-state index in [4.69, 9.17) is 11.2 Å². The quantitative estimate of drug-likeness (QED) is 0.587. The lowest BCUT2D eigenvalue weighted by atomic mass is 10.1. The van der Waals surface area contributed by atoms with Gasteiger partial charge in [-0.1, -0.05) is 12.8 Å². The van der Waals surface area contributed by atoms with Crippen LogP contribution in [0.15, 0.2) is 0 Å². The fourth-order valence-corrected chi connectivity index (χ4v) is 1.34. The lowest BCUT2D eigenvalue weighted by Gasteiger charge is -2.26. The zero-order valence-corrected chi connectivity index (χ0v) is 11.5. The van der Waals surface area contributed by atoms with Crippen LogP contribution in [0.3, 0.4) is 0 Å². The van der Waals surface area contributed by atoms with Gasteiger partial charge in [0.25, 0.3) is 0 Å². The maximum Gasteiger partial charge on any atom is 0.410 e. The molecule has 1 amide bonds. The monoisotopic (exact) mass is 240 g/mol. The van der Waals surface area contributed by atoms with Crippen molar-refractivity contribution < 1.29 is 9.53 Å². The Bertz CT molecular complexity index is 276. The first kappa shape index (κ1) is 15.8. The minimum atomic E-state index is -0.448. The van der Waals surface area contributed by atoms with E-state index in [-0.39, 0.29) is 6.09 Å². The third kappa shape index (κ3) is 8.58. The molecule has 0 aromatic heterocycles. The summed E-state index contributed by atoms with van der Waals surface area (Å²) in [5.74, 6) is 2.85. The average Bonchev–Trinajstić information content (AvgIpc) is 2.15. The Morgan fingerprint density at radius 2 is 2.12 bits per heavy atom. The van der Waals surface area contributed by atoms with Gasteiger partial charge in [-0.2, -0.15) is 0 Å². The predicted octanol–water partition coefficient (Wildman–Crippen LogP) is 1.71. The van der Waals surface area contributed by atoms with Crippen LogP contribution in [0.4, 0.5) is 4.79 Å². The van der Waals surface area contributed by atoms with Crippen molar-refractivity contribution in [1.29, 1.82) is 0 Å². The first-order valence-electron chi connectivity index (χ1n) is 5.84. The molecule has 0 aromatic carbocycles. The molecule has 98 valence electrons. The van der Waals surface area contributed by atoms with Gasteiger partial charge < -0.3 is 15.0 Å². The second kappa shape index (κ2) is 7.18. The predicted molar refractivity (Wildman–Crippen MR) is 69.7 cm³/mol. The Kier molecular flexibility index (Phi) is 6.67. The van der Waals surface area contributed by atoms with Crippen LogP contribution in [-0.4, -0.2) is 43.3 Å². The molecule has 0 aliphatic rings. The topological polar surface area (TPSA) is 41.6 Å². The number of carbonyl (C=O) groups is 1. The van der Waals surface area contributed by atoms with Gasteiger partial charge in [-0.3, -0.25) is 0 Å². The summed E-state index contributed by atoms with van der Waals surface area (Å²) in [4.78, 5) is 13.3. The molecule has 4 heteroatoms. The summed E-state index contributed by atoms with van der Waals surface area (Å²) in [7, 11) is 1.74. The van der Waals surface area contributed by atoms with Gasteiger partial charge in [-0.25, -0.2) is 4.79 Å². The van der Waals surface area contributed by atoms with Crippen LogP contribution in [0.25, 0.3) is 0 Å². The number of amides is 1. The van der Waals surface area contributed by atoms with E-state index in [0.717, 1.165) is 6.54 Å². The molecule has 0 heterocycles. The zero-order valence-electron chi connectivity index (χ0n) is 11.5. The van der Waals surface area contributed by atoms with E-state index in [0.29, 0.717) is 19.0 Å². The molecule has 0 saturated heterocycles. The Labute approximate surface area is 105 Å². The van der Waals surface area contributed by atoms with Gasteiger partial charge in [0.05, 0.1) is 6.54 Å². The minimum Gasteiger partial charge on any atom is -0.444 e. The molecule has 0 fully saturated rings. The van der Waals surface area contributed by atoms with Crippen LogP contribution in [0.2, 0.25) is 0 Å². The van der Waals surface area contributed by atoms with Gasteiger partial charge in [-0.15, -0.1) is 6.42 Å². The fourth-order valence-electron chi connectivity index (χ4n) is 1.34. The van der Waals surface area contributed by atoms with E-state index in [9.17, 15) is 4.79 Å². The number of hydrogen-bond acceptors (Lipinski definition) is 3. The molecular formula is C13H24N2O2. The minimum absolute atomic E-state index is 0.290. The zero-order chi connectivity index (χ0) is 13.5. The van der Waals surface area contributed by atoms with E-state index < -0.39 is 5.60 Å². The highest BCUT2D eigenvalue weighted by Gasteiger charge is 2.20. The number of terminal acetylenes is 1. The summed E-state index contributed by atoms with van der Waals surface area (Å²) in [5.41, 5.74) is -0.448. The highest BCUT2D eigenvalue weighted by atomic mass is 16.6. The van der Waals surface area contributed by atoms with Crippen molar-refractivity contribution in [2.45, 2.75) is 33.3 Å². The molecule has 4 nitrogen and oxygen atoms in total. The van der Waals surface area contributed by atoms with E-state index in [2.05, 4.69) is 18.2 Å². The van der Waals surface area contributed by atoms with Crippen molar-refractivity contribution in [3.05, 3.63) is 0 Å². The summed E-state index contributed by atoms with van der Waals surface area (Å²) >= 11 is 0. The van der Waals surface area contributed by atoms with Gasteiger partial charge in [0.1, 0.15) is 5.60 Å². The molecule has 1 atom stereocenters. The third-order valence-corrected chi connectivity index (χ3v) is 2.01.